The summed E-state index contributed by atoms with van der Waals surface area (Å²) in [6, 6.07) is 3.47. The predicted molar refractivity (Wildman–Crippen MR) is 69.3 cm³/mol. The van der Waals surface area contributed by atoms with Crippen molar-refractivity contribution in [3.8, 4) is 5.75 Å². The average Bonchev–Trinajstić information content (AvgIpc) is 2.97. The number of carbonyl (C=O) groups is 1. The monoisotopic (exact) mass is 310 g/mol. The second kappa shape index (κ2) is 6.06. The van der Waals surface area contributed by atoms with E-state index in [1.165, 1.54) is 11.0 Å². The summed E-state index contributed by atoms with van der Waals surface area (Å²) in [6.45, 7) is 0.589. The van der Waals surface area contributed by atoms with Crippen LogP contribution in [-0.4, -0.2) is 33.0 Å². The third-order valence-corrected chi connectivity index (χ3v) is 3.04. The number of carbonyl (C=O) groups excluding carboxylic acids is 1. The van der Waals surface area contributed by atoms with Gasteiger partial charge in [-0.1, -0.05) is 11.6 Å². The number of rotatable bonds is 4. The van der Waals surface area contributed by atoms with E-state index in [9.17, 15) is 4.79 Å². The summed E-state index contributed by atoms with van der Waals surface area (Å²) in [6.07, 6.45) is 1.34. The first-order valence-corrected chi connectivity index (χ1v) is 6.48. The molecule has 0 fully saturated rings. The highest BCUT2D eigenvalue weighted by Gasteiger charge is 2.17. The Morgan fingerprint density at radius 3 is 3.19 bits per heavy atom. The van der Waals surface area contributed by atoms with Gasteiger partial charge < -0.3 is 14.2 Å². The topological polar surface area (TPSA) is 88.4 Å². The molecule has 0 bridgehead atoms. The van der Waals surface area contributed by atoms with Crippen LogP contribution >= 0.6 is 11.6 Å². The Labute approximate surface area is 124 Å². The van der Waals surface area contributed by atoms with Gasteiger partial charge in [0.05, 0.1) is 6.61 Å². The Bertz CT molecular complexity index is 647. The smallest absolute Gasteiger partial charge is 0.328 e. The average molecular weight is 311 g/mol. The molecule has 3 rings (SSSR count). The molecule has 1 aromatic heterocycles. The van der Waals surface area contributed by atoms with Gasteiger partial charge >= 0.3 is 5.97 Å². The van der Waals surface area contributed by atoms with Gasteiger partial charge in [-0.15, -0.1) is 5.10 Å². The Kier molecular flexibility index (Phi) is 3.98. The van der Waals surface area contributed by atoms with E-state index in [2.05, 4.69) is 15.5 Å². The van der Waals surface area contributed by atoms with Crippen molar-refractivity contribution in [3.63, 3.8) is 0 Å². The molecule has 2 heterocycles. The van der Waals surface area contributed by atoms with E-state index in [0.29, 0.717) is 22.9 Å². The van der Waals surface area contributed by atoms with Crippen molar-refractivity contribution in [1.29, 1.82) is 0 Å². The molecule has 9 heteroatoms. The zero-order valence-corrected chi connectivity index (χ0v) is 11.6. The van der Waals surface area contributed by atoms with Crippen molar-refractivity contribution < 1.29 is 19.0 Å². The van der Waals surface area contributed by atoms with E-state index in [1.807, 2.05) is 0 Å². The number of benzene rings is 1. The molecule has 2 aromatic rings. The number of aromatic nitrogens is 4. The first kappa shape index (κ1) is 13.8. The van der Waals surface area contributed by atoms with Gasteiger partial charge in [-0.3, -0.25) is 4.79 Å². The number of esters is 1. The van der Waals surface area contributed by atoms with Crippen LogP contribution in [0.15, 0.2) is 18.5 Å². The summed E-state index contributed by atoms with van der Waals surface area (Å²) >= 11 is 6.03. The van der Waals surface area contributed by atoms with Crippen LogP contribution in [0.25, 0.3) is 0 Å². The summed E-state index contributed by atoms with van der Waals surface area (Å²) in [5.74, 6) is 0.198. The zero-order valence-electron chi connectivity index (χ0n) is 10.9. The molecule has 8 nitrogen and oxygen atoms in total. The molecule has 110 valence electrons. The molecule has 1 aliphatic rings. The highest BCUT2D eigenvalue weighted by molar-refractivity contribution is 6.30. The molecular formula is C12H11ClN4O4. The predicted octanol–water partition coefficient (Wildman–Crippen LogP) is 0.936. The minimum atomic E-state index is -0.455. The Morgan fingerprint density at radius 2 is 2.38 bits per heavy atom. The highest BCUT2D eigenvalue weighted by Crippen LogP contribution is 2.32. The normalized spacial score (nSPS) is 13.4. The lowest BCUT2D eigenvalue weighted by atomic mass is 10.1. The number of hydrogen-bond donors (Lipinski definition) is 0. The van der Waals surface area contributed by atoms with Gasteiger partial charge in [-0.05, 0) is 22.6 Å². The largest absolute Gasteiger partial charge is 0.467 e. The van der Waals surface area contributed by atoms with Crippen molar-refractivity contribution in [3.05, 3.63) is 34.6 Å². The lowest BCUT2D eigenvalue weighted by Gasteiger charge is -2.21. The van der Waals surface area contributed by atoms with E-state index in [1.54, 1.807) is 12.1 Å². The van der Waals surface area contributed by atoms with Crippen LogP contribution in [0.5, 0.6) is 5.75 Å². The van der Waals surface area contributed by atoms with E-state index in [0.717, 1.165) is 5.56 Å². The standard InChI is InChI=1S/C12H11ClN4O4/c13-10-1-8-4-19-7-21-12(8)9(2-10)5-20-11(18)3-17-6-14-15-16-17/h1-2,6H,3-5,7H2. The van der Waals surface area contributed by atoms with Gasteiger partial charge in [-0.2, -0.15) is 0 Å². The van der Waals surface area contributed by atoms with Crippen LogP contribution in [-0.2, 0) is 34.0 Å². The van der Waals surface area contributed by atoms with Crippen LogP contribution in [0.4, 0.5) is 0 Å². The molecule has 0 saturated heterocycles. The van der Waals surface area contributed by atoms with Gasteiger partial charge in [0.1, 0.15) is 25.2 Å². The van der Waals surface area contributed by atoms with Gasteiger partial charge in [0.2, 0.25) is 0 Å². The van der Waals surface area contributed by atoms with Crippen LogP contribution in [0.1, 0.15) is 11.1 Å². The lowest BCUT2D eigenvalue weighted by Crippen LogP contribution is -2.16. The van der Waals surface area contributed by atoms with Gasteiger partial charge in [0.25, 0.3) is 0 Å². The van der Waals surface area contributed by atoms with Crippen LogP contribution in [0.3, 0.4) is 0 Å². The maximum atomic E-state index is 11.7. The summed E-state index contributed by atoms with van der Waals surface area (Å²) < 4.78 is 17.1. The maximum Gasteiger partial charge on any atom is 0.328 e. The van der Waals surface area contributed by atoms with Crippen LogP contribution in [0.2, 0.25) is 5.02 Å². The molecule has 0 spiro atoms. The van der Waals surface area contributed by atoms with E-state index in [-0.39, 0.29) is 19.9 Å². The van der Waals surface area contributed by atoms with Crippen LogP contribution < -0.4 is 4.74 Å². The van der Waals surface area contributed by atoms with Crippen molar-refractivity contribution in [2.45, 2.75) is 19.8 Å². The summed E-state index contributed by atoms with van der Waals surface area (Å²) in [5.41, 5.74) is 1.53. The van der Waals surface area contributed by atoms with E-state index in [4.69, 9.17) is 25.8 Å². The highest BCUT2D eigenvalue weighted by atomic mass is 35.5. The third kappa shape index (κ3) is 3.29. The maximum absolute atomic E-state index is 11.7. The van der Waals surface area contributed by atoms with Crippen molar-refractivity contribution >= 4 is 17.6 Å². The second-order valence-corrected chi connectivity index (χ2v) is 4.77. The molecule has 0 radical (unpaired) electrons. The minimum Gasteiger partial charge on any atom is -0.467 e. The van der Waals surface area contributed by atoms with Gasteiger partial charge in [-0.25, -0.2) is 4.68 Å². The Hall–Kier alpha value is -2.19. The number of tetrazole rings is 1. The third-order valence-electron chi connectivity index (χ3n) is 2.82. The molecule has 0 saturated carbocycles. The quantitative estimate of drug-likeness (QED) is 0.776. The number of nitrogens with zero attached hydrogens (tertiary/aromatic N) is 4. The van der Waals surface area contributed by atoms with E-state index >= 15 is 0 Å². The fourth-order valence-corrected chi connectivity index (χ4v) is 2.22. The minimum absolute atomic E-state index is 0.0558. The zero-order chi connectivity index (χ0) is 14.7. The first-order valence-electron chi connectivity index (χ1n) is 6.10. The summed E-state index contributed by atoms with van der Waals surface area (Å²) in [5, 5.41) is 11.0. The van der Waals surface area contributed by atoms with Crippen molar-refractivity contribution in [2.24, 2.45) is 0 Å². The number of fused-ring (bicyclic) bond motifs is 1. The van der Waals surface area contributed by atoms with E-state index < -0.39 is 5.97 Å². The Balaban J connectivity index is 1.67. The molecule has 1 aromatic carbocycles. The number of hydrogen-bond acceptors (Lipinski definition) is 7. The molecule has 21 heavy (non-hydrogen) atoms. The van der Waals surface area contributed by atoms with Crippen molar-refractivity contribution in [1.82, 2.24) is 20.2 Å². The summed E-state index contributed by atoms with van der Waals surface area (Å²) in [4.78, 5) is 11.7. The summed E-state index contributed by atoms with van der Waals surface area (Å²) in [7, 11) is 0. The van der Waals surface area contributed by atoms with Crippen LogP contribution in [0, 0.1) is 0 Å². The first-order chi connectivity index (χ1) is 10.2. The number of halogens is 1. The molecule has 0 aliphatic carbocycles. The second-order valence-electron chi connectivity index (χ2n) is 4.33. The van der Waals surface area contributed by atoms with Crippen molar-refractivity contribution in [2.75, 3.05) is 6.79 Å². The molecular weight excluding hydrogens is 300 g/mol. The fourth-order valence-electron chi connectivity index (χ4n) is 1.95. The fraction of sp³-hybridized carbons (Fsp3) is 0.333. The molecule has 0 atom stereocenters. The van der Waals surface area contributed by atoms with Gasteiger partial charge in [0, 0.05) is 16.1 Å². The Morgan fingerprint density at radius 1 is 1.48 bits per heavy atom. The van der Waals surface area contributed by atoms with Gasteiger partial charge in [0.15, 0.2) is 6.79 Å². The molecule has 0 N–H and O–H groups in total. The SMILES string of the molecule is O=C(Cn1cnnn1)OCc1cc(Cl)cc2c1OCOC2. The molecule has 1 aliphatic heterocycles. The molecule has 0 unspecified atom stereocenters. The lowest BCUT2D eigenvalue weighted by molar-refractivity contribution is -0.146. The number of ether oxygens (including phenoxy) is 3. The molecule has 0 amide bonds.